The molecule has 0 bridgehead atoms. The number of carbonyl (C=O) groups excluding carboxylic acids is 1. The smallest absolute Gasteiger partial charge is 0.323 e. The lowest BCUT2D eigenvalue weighted by Gasteiger charge is -2.17. The van der Waals surface area contributed by atoms with E-state index in [0.29, 0.717) is 13.0 Å². The third-order valence-electron chi connectivity index (χ3n) is 4.08. The Morgan fingerprint density at radius 3 is 2.35 bits per heavy atom. The highest BCUT2D eigenvalue weighted by Gasteiger charge is 2.19. The van der Waals surface area contributed by atoms with Crippen molar-refractivity contribution >= 4 is 30.8 Å². The van der Waals surface area contributed by atoms with Gasteiger partial charge in [0.2, 0.25) is 0 Å². The molecule has 1 N–H and O–H groups in total. The third kappa shape index (κ3) is 5.46. The van der Waals surface area contributed by atoms with Crippen LogP contribution in [0.2, 0.25) is 0 Å². The number of hydrogen-bond donors (Lipinski definition) is 1. The van der Waals surface area contributed by atoms with Crippen molar-refractivity contribution in [3.8, 4) is 10.4 Å². The fourth-order valence-corrected chi connectivity index (χ4v) is 3.43. The molecule has 136 valence electrons. The summed E-state index contributed by atoms with van der Waals surface area (Å²) in [6.45, 7) is 0.633. The summed E-state index contributed by atoms with van der Waals surface area (Å²) < 4.78 is 4.96. The first-order valence-electron chi connectivity index (χ1n) is 8.24. The summed E-state index contributed by atoms with van der Waals surface area (Å²) in [5.74, 6) is -0.238. The molecule has 1 heterocycles. The van der Waals surface area contributed by atoms with E-state index in [4.69, 9.17) is 4.74 Å². The van der Waals surface area contributed by atoms with Gasteiger partial charge in [0.05, 0.1) is 7.11 Å². The molecule has 0 saturated heterocycles. The average molecular weight is 386 g/mol. The molecule has 3 nitrogen and oxygen atoms in total. The summed E-state index contributed by atoms with van der Waals surface area (Å²) in [6.07, 6.45) is 0.601. The number of esters is 1. The molecular formula is C21H23NO2S2. The Balaban J connectivity index is 0.00000243. The molecule has 0 aliphatic rings. The molecule has 1 atom stereocenters. The van der Waals surface area contributed by atoms with Gasteiger partial charge in [0.15, 0.2) is 0 Å². The zero-order valence-corrected chi connectivity index (χ0v) is 16.5. The first-order valence-corrected chi connectivity index (χ1v) is 9.12. The Morgan fingerprint density at radius 1 is 1.00 bits per heavy atom. The molecule has 0 spiro atoms. The first kappa shape index (κ1) is 20.2. The van der Waals surface area contributed by atoms with Crippen molar-refractivity contribution in [1.29, 1.82) is 0 Å². The van der Waals surface area contributed by atoms with Crippen LogP contribution in [-0.2, 0) is 22.5 Å². The van der Waals surface area contributed by atoms with Crippen molar-refractivity contribution in [3.63, 3.8) is 0 Å². The van der Waals surface area contributed by atoms with Gasteiger partial charge in [-0.15, -0.1) is 11.3 Å². The molecule has 0 saturated carbocycles. The van der Waals surface area contributed by atoms with Gasteiger partial charge in [0.1, 0.15) is 6.04 Å². The monoisotopic (exact) mass is 385 g/mol. The molecule has 0 aliphatic carbocycles. The highest BCUT2D eigenvalue weighted by Crippen LogP contribution is 2.25. The van der Waals surface area contributed by atoms with E-state index < -0.39 is 0 Å². The maximum absolute atomic E-state index is 12.1. The van der Waals surface area contributed by atoms with Crippen molar-refractivity contribution in [2.75, 3.05) is 7.11 Å². The number of methoxy groups -OCH3 is 1. The van der Waals surface area contributed by atoms with E-state index in [9.17, 15) is 4.79 Å². The second-order valence-corrected chi connectivity index (χ2v) is 6.77. The number of hydrogen-bond acceptors (Lipinski definition) is 4. The van der Waals surface area contributed by atoms with E-state index in [1.165, 1.54) is 17.6 Å². The summed E-state index contributed by atoms with van der Waals surface area (Å²) in [4.78, 5) is 13.4. The van der Waals surface area contributed by atoms with Crippen molar-refractivity contribution in [1.82, 2.24) is 5.32 Å². The SMILES string of the molecule is COC(=O)[C@H](Cc1ccc(-c2cccs2)cc1)NCc1ccccc1.S. The molecule has 5 heteroatoms. The summed E-state index contributed by atoms with van der Waals surface area (Å²) in [5, 5.41) is 5.38. The summed E-state index contributed by atoms with van der Waals surface area (Å²) in [5.41, 5.74) is 3.45. The Labute approximate surface area is 165 Å². The Bertz CT molecular complexity index is 787. The predicted molar refractivity (Wildman–Crippen MR) is 113 cm³/mol. The maximum atomic E-state index is 12.1. The van der Waals surface area contributed by atoms with Crippen LogP contribution in [0.3, 0.4) is 0 Å². The van der Waals surface area contributed by atoms with E-state index in [-0.39, 0.29) is 25.5 Å². The normalized spacial score (nSPS) is 11.4. The number of thiophene rings is 1. The molecule has 0 fully saturated rings. The van der Waals surface area contributed by atoms with Gasteiger partial charge in [-0.1, -0.05) is 60.7 Å². The molecule has 0 aliphatic heterocycles. The van der Waals surface area contributed by atoms with E-state index >= 15 is 0 Å². The second kappa shape index (κ2) is 10.2. The molecule has 0 amide bonds. The van der Waals surface area contributed by atoms with Gasteiger partial charge < -0.3 is 10.1 Å². The minimum Gasteiger partial charge on any atom is -0.468 e. The average Bonchev–Trinajstić information content (AvgIpc) is 3.20. The predicted octanol–water partition coefficient (Wildman–Crippen LogP) is 4.40. The lowest BCUT2D eigenvalue weighted by molar-refractivity contribution is -0.143. The highest BCUT2D eigenvalue weighted by atomic mass is 32.1. The van der Waals surface area contributed by atoms with Crippen LogP contribution < -0.4 is 5.32 Å². The van der Waals surface area contributed by atoms with Crippen LogP contribution in [0.1, 0.15) is 11.1 Å². The summed E-state index contributed by atoms with van der Waals surface area (Å²) in [6, 6.07) is 22.2. The van der Waals surface area contributed by atoms with Crippen molar-refractivity contribution < 1.29 is 9.53 Å². The number of nitrogens with one attached hydrogen (secondary N) is 1. The molecule has 3 aromatic rings. The van der Waals surface area contributed by atoms with Crippen LogP contribution in [0.4, 0.5) is 0 Å². The molecular weight excluding hydrogens is 362 g/mol. The number of rotatable bonds is 7. The van der Waals surface area contributed by atoms with Gasteiger partial charge in [-0.25, -0.2) is 0 Å². The number of carbonyl (C=O) groups is 1. The Morgan fingerprint density at radius 2 is 1.73 bits per heavy atom. The lowest BCUT2D eigenvalue weighted by atomic mass is 10.0. The lowest BCUT2D eigenvalue weighted by Crippen LogP contribution is -2.39. The Hall–Kier alpha value is -2.08. The second-order valence-electron chi connectivity index (χ2n) is 5.82. The summed E-state index contributed by atoms with van der Waals surface area (Å²) in [7, 11) is 1.43. The Kier molecular flexibility index (Phi) is 7.91. The van der Waals surface area contributed by atoms with Crippen LogP contribution in [0, 0.1) is 0 Å². The van der Waals surface area contributed by atoms with Gasteiger partial charge >= 0.3 is 5.97 Å². The molecule has 0 radical (unpaired) electrons. The van der Waals surface area contributed by atoms with Crippen LogP contribution >= 0.6 is 24.8 Å². The quantitative estimate of drug-likeness (QED) is 0.613. The van der Waals surface area contributed by atoms with Crippen LogP contribution in [0.25, 0.3) is 10.4 Å². The van der Waals surface area contributed by atoms with Gasteiger partial charge in [0, 0.05) is 11.4 Å². The van der Waals surface area contributed by atoms with Crippen LogP contribution in [0.15, 0.2) is 72.1 Å². The standard InChI is InChI=1S/C21H21NO2S.H2S/c1-24-21(23)19(22-15-17-6-3-2-4-7-17)14-16-9-11-18(12-10-16)20-8-5-13-25-20;/h2-13,19,22H,14-15H2,1H3;1H2/t19-;/m0./s1. The topological polar surface area (TPSA) is 38.3 Å². The minimum atomic E-state index is -0.363. The van der Waals surface area contributed by atoms with Gasteiger partial charge in [0.25, 0.3) is 0 Å². The van der Waals surface area contributed by atoms with Gasteiger partial charge in [-0.3, -0.25) is 4.79 Å². The molecule has 1 aromatic heterocycles. The summed E-state index contributed by atoms with van der Waals surface area (Å²) >= 11 is 1.72. The number of benzene rings is 2. The maximum Gasteiger partial charge on any atom is 0.323 e. The van der Waals surface area contributed by atoms with E-state index in [0.717, 1.165) is 11.1 Å². The van der Waals surface area contributed by atoms with Crippen molar-refractivity contribution in [2.45, 2.75) is 19.0 Å². The zero-order chi connectivity index (χ0) is 17.5. The molecule has 0 unspecified atom stereocenters. The highest BCUT2D eigenvalue weighted by molar-refractivity contribution is 7.59. The van der Waals surface area contributed by atoms with Crippen LogP contribution in [0.5, 0.6) is 0 Å². The fraction of sp³-hybridized carbons (Fsp3) is 0.190. The van der Waals surface area contributed by atoms with E-state index in [2.05, 4.69) is 47.1 Å². The van der Waals surface area contributed by atoms with Gasteiger partial charge in [-0.05, 0) is 34.6 Å². The first-order chi connectivity index (χ1) is 12.3. The fourth-order valence-electron chi connectivity index (χ4n) is 2.70. The van der Waals surface area contributed by atoms with Gasteiger partial charge in [-0.2, -0.15) is 13.5 Å². The minimum absolute atomic E-state index is 0. The zero-order valence-electron chi connectivity index (χ0n) is 14.6. The van der Waals surface area contributed by atoms with E-state index in [1.807, 2.05) is 30.3 Å². The third-order valence-corrected chi connectivity index (χ3v) is 5.00. The number of ether oxygens (including phenoxy) is 1. The van der Waals surface area contributed by atoms with Crippen molar-refractivity contribution in [2.24, 2.45) is 0 Å². The van der Waals surface area contributed by atoms with Crippen LogP contribution in [-0.4, -0.2) is 19.1 Å². The van der Waals surface area contributed by atoms with Crippen molar-refractivity contribution in [3.05, 3.63) is 83.2 Å². The van der Waals surface area contributed by atoms with E-state index in [1.54, 1.807) is 11.3 Å². The molecule has 3 rings (SSSR count). The molecule has 26 heavy (non-hydrogen) atoms. The molecule has 2 aromatic carbocycles. The largest absolute Gasteiger partial charge is 0.468 e.